The topological polar surface area (TPSA) is 236 Å². The van der Waals surface area contributed by atoms with Gasteiger partial charge in [0.15, 0.2) is 0 Å². The number of carbonyl (C=O) groups is 6. The fourth-order valence-electron chi connectivity index (χ4n) is 5.58. The van der Waals surface area contributed by atoms with Crippen molar-refractivity contribution in [3.8, 4) is 0 Å². The van der Waals surface area contributed by atoms with Crippen molar-refractivity contribution in [2.24, 2.45) is 0 Å². The molecule has 0 saturated carbocycles. The summed E-state index contributed by atoms with van der Waals surface area (Å²) < 4.78 is 32.6. The second-order valence-electron chi connectivity index (χ2n) is 13.4. The highest BCUT2D eigenvalue weighted by atomic mass is 16.6. The van der Waals surface area contributed by atoms with Crippen molar-refractivity contribution >= 4 is 35.9 Å². The van der Waals surface area contributed by atoms with E-state index in [1.165, 1.54) is 0 Å². The zero-order valence-corrected chi connectivity index (χ0v) is 34.7. The molecule has 19 nitrogen and oxygen atoms in total. The van der Waals surface area contributed by atoms with E-state index in [1.54, 1.807) is 0 Å². The van der Waals surface area contributed by atoms with Gasteiger partial charge < -0.3 is 33.7 Å². The summed E-state index contributed by atoms with van der Waals surface area (Å²) in [6.07, 6.45) is 11.7. The molecule has 1 rings (SSSR count). The number of amides is 1. The van der Waals surface area contributed by atoms with Crippen LogP contribution in [0.2, 0.25) is 0 Å². The second kappa shape index (κ2) is 33.1. The zero-order valence-electron chi connectivity index (χ0n) is 34.7. The minimum absolute atomic E-state index is 0.0407. The first-order valence-electron chi connectivity index (χ1n) is 20.5. The van der Waals surface area contributed by atoms with Gasteiger partial charge in [-0.25, -0.2) is 47.3 Å². The molecule has 1 aromatic heterocycles. The van der Waals surface area contributed by atoms with Crippen molar-refractivity contribution in [2.75, 3.05) is 46.2 Å². The summed E-state index contributed by atoms with van der Waals surface area (Å²) in [6, 6.07) is 0. The molecule has 336 valence electrons. The Morgan fingerprint density at radius 2 is 0.717 bits per heavy atom. The van der Waals surface area contributed by atoms with Crippen LogP contribution >= 0.6 is 0 Å². The molecule has 0 aliphatic carbocycles. The largest absolute Gasteiger partial charge is 0.462 e. The minimum atomic E-state index is -0.670. The monoisotopic (exact) mass is 850 g/mol. The number of ether oxygens (including phenoxy) is 6. The summed E-state index contributed by atoms with van der Waals surface area (Å²) in [5.74, 6) is -2.61. The van der Waals surface area contributed by atoms with Crippen LogP contribution in [-0.4, -0.2) is 95.8 Å². The molecule has 19 heteroatoms. The summed E-state index contributed by atoms with van der Waals surface area (Å²) in [5.41, 5.74) is -2.01. The number of nitrogens with one attached hydrogen (secondary N) is 1. The van der Waals surface area contributed by atoms with E-state index in [9.17, 15) is 43.2 Å². The average molecular weight is 851 g/mol. The van der Waals surface area contributed by atoms with E-state index >= 15 is 0 Å². The van der Waals surface area contributed by atoms with Gasteiger partial charge in [-0.3, -0.25) is 9.59 Å². The Hall–Kier alpha value is -5.75. The number of alkyl carbamates (subject to hydrolysis) is 1. The predicted molar refractivity (Wildman–Crippen MR) is 218 cm³/mol. The maximum atomic E-state index is 13.5. The number of hydrogen-bond donors (Lipinski definition) is 1. The summed E-state index contributed by atoms with van der Waals surface area (Å²) in [6.45, 7) is 10.2. The van der Waals surface area contributed by atoms with Crippen LogP contribution in [0, 0.1) is 0 Å². The first-order valence-corrected chi connectivity index (χ1v) is 20.5. The summed E-state index contributed by atoms with van der Waals surface area (Å²) >= 11 is 0. The van der Waals surface area contributed by atoms with Gasteiger partial charge in [-0.05, 0) is 38.5 Å². The lowest BCUT2D eigenvalue weighted by Crippen LogP contribution is -2.54. The van der Waals surface area contributed by atoms with Crippen molar-refractivity contribution in [2.45, 2.75) is 122 Å². The van der Waals surface area contributed by atoms with Gasteiger partial charge in [-0.2, -0.15) is 0 Å². The van der Waals surface area contributed by atoms with E-state index in [2.05, 4.69) is 25.1 Å². The van der Waals surface area contributed by atoms with Crippen molar-refractivity contribution in [1.29, 1.82) is 0 Å². The van der Waals surface area contributed by atoms with Crippen LogP contribution in [0.4, 0.5) is 4.79 Å². The Balaban J connectivity index is 2.67. The van der Waals surface area contributed by atoms with Crippen molar-refractivity contribution in [1.82, 2.24) is 19.0 Å². The molecule has 0 saturated heterocycles. The van der Waals surface area contributed by atoms with E-state index in [0.29, 0.717) is 70.8 Å². The van der Waals surface area contributed by atoms with Crippen LogP contribution in [0.1, 0.15) is 103 Å². The maximum Gasteiger partial charge on any atom is 0.407 e. The summed E-state index contributed by atoms with van der Waals surface area (Å²) in [5, 5.41) is 2.60. The van der Waals surface area contributed by atoms with Crippen LogP contribution in [-0.2, 0) is 72.0 Å². The van der Waals surface area contributed by atoms with Gasteiger partial charge in [-0.15, -0.1) is 0 Å². The van der Waals surface area contributed by atoms with E-state index in [-0.39, 0.29) is 72.1 Å². The Kier molecular flexibility index (Phi) is 28.9. The third-order valence-corrected chi connectivity index (χ3v) is 8.73. The molecule has 0 fully saturated rings. The zero-order chi connectivity index (χ0) is 44.4. The fraction of sp³-hybridized carbons (Fsp3) is 0.634. The lowest BCUT2D eigenvalue weighted by molar-refractivity contribution is -0.149. The quantitative estimate of drug-likeness (QED) is 0.0446. The van der Waals surface area contributed by atoms with E-state index < -0.39 is 53.0 Å². The number of esters is 5. The normalized spacial score (nSPS) is 10.5. The Morgan fingerprint density at radius 1 is 0.417 bits per heavy atom. The maximum absolute atomic E-state index is 13.5. The van der Waals surface area contributed by atoms with Gasteiger partial charge in [0.05, 0.1) is 0 Å². The van der Waals surface area contributed by atoms with Gasteiger partial charge in [-0.1, -0.05) is 71.1 Å². The van der Waals surface area contributed by atoms with Crippen LogP contribution in [0.25, 0.3) is 0 Å². The highest BCUT2D eigenvalue weighted by Crippen LogP contribution is 2.09. The summed E-state index contributed by atoms with van der Waals surface area (Å²) in [7, 11) is 0. The van der Waals surface area contributed by atoms with Gasteiger partial charge in [0.1, 0.15) is 39.6 Å². The molecule has 1 amide bonds. The first kappa shape index (κ1) is 52.3. The average Bonchev–Trinajstić information content (AvgIpc) is 3.24. The Labute approximate surface area is 349 Å². The molecule has 0 radical (unpaired) electrons. The predicted octanol–water partition coefficient (Wildman–Crippen LogP) is 3.41. The molecule has 1 heterocycles. The lowest BCUT2D eigenvalue weighted by atomic mass is 10.1. The van der Waals surface area contributed by atoms with Crippen molar-refractivity contribution in [3.05, 3.63) is 69.4 Å². The molecule has 0 aliphatic heterocycles. The molecule has 0 atom stereocenters. The van der Waals surface area contributed by atoms with Crippen LogP contribution in [0.15, 0.2) is 52.3 Å². The molecule has 1 aromatic rings. The molecule has 0 spiro atoms. The van der Waals surface area contributed by atoms with Crippen molar-refractivity contribution < 1.29 is 57.2 Å². The van der Waals surface area contributed by atoms with E-state index in [4.69, 9.17) is 28.4 Å². The number of unbranched alkanes of at least 4 members (excludes halogenated alkanes) is 11. The highest BCUT2D eigenvalue weighted by Gasteiger charge is 2.16. The Morgan fingerprint density at radius 3 is 1.08 bits per heavy atom. The standard InChI is InChI=1S/C41H62N4O15/c1-4-33(46)55-27-29-58-36(49)21-15-9-7-12-18-24-43-39(52)44(25-19-13-8-10-16-22-37(50)59-30-28-56-34(47)5-2)41(54)45(40(43)53)26-20-14-11-17-23-42-38(51)60-32-31-57-35(48)6-3/h4-6H,1-3,7-32H2,(H,42,51). The SMILES string of the molecule is C=CC(=O)OCCOC(=O)CCCCCCCn1c(=O)n(CCCCCCCC(=O)OCCOC(=O)C=C)c(=O)n(CCCCCCNC(=O)OCCOC(=O)C=C)c1=O. The van der Waals surface area contributed by atoms with E-state index in [0.717, 1.165) is 57.6 Å². The molecule has 60 heavy (non-hydrogen) atoms. The summed E-state index contributed by atoms with van der Waals surface area (Å²) in [4.78, 5) is 109. The van der Waals surface area contributed by atoms with Gasteiger partial charge in [0, 0.05) is 57.2 Å². The molecule has 0 bridgehead atoms. The number of hydrogen-bond acceptors (Lipinski definition) is 15. The molecular formula is C41H62N4O15. The number of carbonyl (C=O) groups excluding carboxylic acids is 6. The van der Waals surface area contributed by atoms with Gasteiger partial charge in [0.25, 0.3) is 0 Å². The van der Waals surface area contributed by atoms with E-state index in [1.807, 2.05) is 0 Å². The highest BCUT2D eigenvalue weighted by molar-refractivity contribution is 5.81. The van der Waals surface area contributed by atoms with Crippen LogP contribution in [0.3, 0.4) is 0 Å². The number of nitrogens with zero attached hydrogens (tertiary/aromatic N) is 3. The van der Waals surface area contributed by atoms with Gasteiger partial charge in [0.2, 0.25) is 0 Å². The molecular weight excluding hydrogens is 788 g/mol. The first-order chi connectivity index (χ1) is 28.9. The van der Waals surface area contributed by atoms with Gasteiger partial charge >= 0.3 is 53.0 Å². The molecule has 1 N–H and O–H groups in total. The molecule has 0 aliphatic rings. The fourth-order valence-corrected chi connectivity index (χ4v) is 5.58. The third kappa shape index (κ3) is 24.2. The minimum Gasteiger partial charge on any atom is -0.462 e. The smallest absolute Gasteiger partial charge is 0.407 e. The van der Waals surface area contributed by atoms with Crippen molar-refractivity contribution in [3.63, 3.8) is 0 Å². The van der Waals surface area contributed by atoms with Crippen LogP contribution in [0.5, 0.6) is 0 Å². The van der Waals surface area contributed by atoms with Crippen LogP contribution < -0.4 is 22.4 Å². The third-order valence-electron chi connectivity index (χ3n) is 8.73. The lowest BCUT2D eigenvalue weighted by Gasteiger charge is -2.14. The number of rotatable bonds is 35. The Bertz CT molecular complexity index is 1490. The number of aromatic nitrogens is 3. The molecule has 0 unspecified atom stereocenters. The molecule has 0 aromatic carbocycles. The second-order valence-corrected chi connectivity index (χ2v) is 13.4.